The molecule has 0 aliphatic rings. The Morgan fingerprint density at radius 1 is 1.00 bits per heavy atom. The Balaban J connectivity index is 5.11. The van der Waals surface area contributed by atoms with E-state index in [4.69, 9.17) is 0 Å². The third-order valence-corrected chi connectivity index (χ3v) is 4.46. The fourth-order valence-electron chi connectivity index (χ4n) is 0.351. The normalized spacial score (nSPS) is 14.9. The lowest BCUT2D eigenvalue weighted by Crippen LogP contribution is -2.22. The average Bonchev–Trinajstić information content (AvgIpc) is 1.81. The molecule has 0 radical (unpaired) electrons. The quantitative estimate of drug-likeness (QED) is 0.507. The summed E-state index contributed by atoms with van der Waals surface area (Å²) in [5.74, 6) is -11.1. The maximum Gasteiger partial charge on any atom is 0.446 e. The molecule has 0 bridgehead atoms. The Morgan fingerprint density at radius 3 is 1.25 bits per heavy atom. The first-order chi connectivity index (χ1) is 5.06. The largest absolute Gasteiger partial charge is 0.446 e. The summed E-state index contributed by atoms with van der Waals surface area (Å²) in [6.45, 7) is 0. The standard InChI is InChI=1S/C3H3F6OPS/c1-10-11(12,2(4,5)6)3(7,8)9/h1H3. The van der Waals surface area contributed by atoms with Gasteiger partial charge in [-0.05, 0) is 11.8 Å². The highest BCUT2D eigenvalue weighted by Crippen LogP contribution is 2.71. The van der Waals surface area contributed by atoms with E-state index in [1.54, 1.807) is 0 Å². The maximum absolute atomic E-state index is 11.7. The van der Waals surface area contributed by atoms with E-state index in [0.29, 0.717) is 7.11 Å². The van der Waals surface area contributed by atoms with Gasteiger partial charge in [0.1, 0.15) is 0 Å². The van der Waals surface area contributed by atoms with Crippen LogP contribution in [0.15, 0.2) is 0 Å². The molecule has 74 valence electrons. The fourth-order valence-corrected chi connectivity index (χ4v) is 1.05. The Hall–Kier alpha value is 0.190. The summed E-state index contributed by atoms with van der Waals surface area (Å²) in [7, 11) is 0.307. The van der Waals surface area contributed by atoms with Gasteiger partial charge in [0.15, 0.2) is 0 Å². The molecule has 0 aromatic rings. The van der Waals surface area contributed by atoms with E-state index in [1.807, 2.05) is 0 Å². The minimum atomic E-state index is -5.73. The molecule has 9 heteroatoms. The Labute approximate surface area is 68.8 Å². The maximum atomic E-state index is 11.7. The van der Waals surface area contributed by atoms with Crippen LogP contribution in [0.4, 0.5) is 26.3 Å². The van der Waals surface area contributed by atoms with Gasteiger partial charge in [0.2, 0.25) is 0 Å². The molecular formula is C3H3F6OPS. The van der Waals surface area contributed by atoms with Crippen LogP contribution in [0.5, 0.6) is 0 Å². The topological polar surface area (TPSA) is 9.23 Å². The molecule has 0 saturated carbocycles. The van der Waals surface area contributed by atoms with Gasteiger partial charge in [0.25, 0.3) is 6.26 Å². The van der Waals surface area contributed by atoms with Gasteiger partial charge in [0, 0.05) is 7.11 Å². The van der Waals surface area contributed by atoms with Gasteiger partial charge in [-0.25, -0.2) is 0 Å². The van der Waals surface area contributed by atoms with Crippen LogP contribution in [0.1, 0.15) is 0 Å². The van der Waals surface area contributed by atoms with Crippen LogP contribution in [0.2, 0.25) is 0 Å². The molecule has 12 heavy (non-hydrogen) atoms. The van der Waals surface area contributed by atoms with E-state index in [2.05, 4.69) is 16.3 Å². The van der Waals surface area contributed by atoms with Gasteiger partial charge in [0.05, 0.1) is 0 Å². The lowest BCUT2D eigenvalue weighted by molar-refractivity contribution is -0.0978. The van der Waals surface area contributed by atoms with Crippen LogP contribution >= 0.6 is 6.26 Å². The molecule has 0 aromatic heterocycles. The van der Waals surface area contributed by atoms with Crippen LogP contribution in [-0.2, 0) is 16.3 Å². The van der Waals surface area contributed by atoms with Crippen molar-refractivity contribution in [3.63, 3.8) is 0 Å². The minimum Gasteiger partial charge on any atom is -0.340 e. The van der Waals surface area contributed by atoms with Gasteiger partial charge < -0.3 is 4.52 Å². The second-order valence-corrected chi connectivity index (χ2v) is 5.69. The third kappa shape index (κ3) is 1.92. The zero-order chi connectivity index (χ0) is 10.2. The van der Waals surface area contributed by atoms with E-state index in [-0.39, 0.29) is 0 Å². The first kappa shape index (κ1) is 12.2. The summed E-state index contributed by atoms with van der Waals surface area (Å²) in [6.07, 6.45) is -5.73. The van der Waals surface area contributed by atoms with E-state index >= 15 is 0 Å². The van der Waals surface area contributed by atoms with Crippen molar-refractivity contribution in [2.45, 2.75) is 11.8 Å². The van der Waals surface area contributed by atoms with Crippen LogP contribution < -0.4 is 0 Å². The van der Waals surface area contributed by atoms with Gasteiger partial charge in [-0.2, -0.15) is 26.3 Å². The van der Waals surface area contributed by atoms with Crippen molar-refractivity contribution in [2.24, 2.45) is 0 Å². The zero-order valence-corrected chi connectivity index (χ0v) is 7.24. The Morgan fingerprint density at radius 2 is 1.25 bits per heavy atom. The molecule has 1 nitrogen and oxygen atoms in total. The lowest BCUT2D eigenvalue weighted by Gasteiger charge is -2.24. The van der Waals surface area contributed by atoms with Crippen molar-refractivity contribution in [1.82, 2.24) is 0 Å². The first-order valence-corrected chi connectivity index (χ1v) is 5.07. The molecule has 0 aliphatic heterocycles. The highest BCUT2D eigenvalue weighted by molar-refractivity contribution is 8.13. The number of rotatable bonds is 1. The molecule has 0 spiro atoms. The molecule has 0 rings (SSSR count). The number of hydrogen-bond donors (Lipinski definition) is 0. The predicted octanol–water partition coefficient (Wildman–Crippen LogP) is 3.07. The van der Waals surface area contributed by atoms with Crippen molar-refractivity contribution < 1.29 is 30.9 Å². The second-order valence-electron chi connectivity index (χ2n) is 1.67. The monoisotopic (exact) mass is 232 g/mol. The summed E-state index contributed by atoms with van der Waals surface area (Å²) in [4.78, 5) is 0. The minimum absolute atomic E-state index is 0.307. The number of alkyl halides is 6. The summed E-state index contributed by atoms with van der Waals surface area (Å²) >= 11 is 3.42. The summed E-state index contributed by atoms with van der Waals surface area (Å²) in [5, 5.41) is 0. The first-order valence-electron chi connectivity index (χ1n) is 2.35. The van der Waals surface area contributed by atoms with Crippen molar-refractivity contribution >= 4 is 18.1 Å². The molecule has 0 heterocycles. The van der Waals surface area contributed by atoms with Crippen molar-refractivity contribution in [3.05, 3.63) is 0 Å². The lowest BCUT2D eigenvalue weighted by atomic mass is 11.5. The Kier molecular flexibility index (Phi) is 3.21. The summed E-state index contributed by atoms with van der Waals surface area (Å²) < 4.78 is 73.5. The van der Waals surface area contributed by atoms with Crippen molar-refractivity contribution in [1.29, 1.82) is 0 Å². The molecule has 0 aromatic carbocycles. The molecule has 0 N–H and O–H groups in total. The third-order valence-electron chi connectivity index (χ3n) is 0.925. The second kappa shape index (κ2) is 3.16. The van der Waals surface area contributed by atoms with Crippen LogP contribution in [0, 0.1) is 0 Å². The molecule has 0 unspecified atom stereocenters. The SMILES string of the molecule is COP(=S)(C(F)(F)F)C(F)(F)F. The molecule has 0 fully saturated rings. The summed E-state index contributed by atoms with van der Waals surface area (Å²) in [5.41, 5.74) is 0. The molecule has 0 saturated heterocycles. The van der Waals surface area contributed by atoms with Gasteiger partial charge >= 0.3 is 11.8 Å². The van der Waals surface area contributed by atoms with Gasteiger partial charge in [-0.3, -0.25) is 0 Å². The fraction of sp³-hybridized carbons (Fsp3) is 1.00. The van der Waals surface area contributed by atoms with Crippen molar-refractivity contribution in [2.75, 3.05) is 7.11 Å². The smallest absolute Gasteiger partial charge is 0.340 e. The van der Waals surface area contributed by atoms with E-state index in [1.165, 1.54) is 0 Å². The molecule has 0 aliphatic carbocycles. The zero-order valence-electron chi connectivity index (χ0n) is 5.53. The molecule has 0 amide bonds. The van der Waals surface area contributed by atoms with Gasteiger partial charge in [-0.1, -0.05) is 0 Å². The summed E-state index contributed by atoms with van der Waals surface area (Å²) in [6, 6.07) is 0. The van der Waals surface area contributed by atoms with Crippen molar-refractivity contribution in [3.8, 4) is 0 Å². The Bertz CT molecular complexity index is 188. The highest BCUT2D eigenvalue weighted by Gasteiger charge is 2.64. The molecule has 0 atom stereocenters. The molecular weight excluding hydrogens is 229 g/mol. The van der Waals surface area contributed by atoms with E-state index < -0.39 is 18.1 Å². The van der Waals surface area contributed by atoms with Crippen LogP contribution in [0.3, 0.4) is 0 Å². The average molecular weight is 232 g/mol. The van der Waals surface area contributed by atoms with E-state index in [9.17, 15) is 26.3 Å². The van der Waals surface area contributed by atoms with Crippen LogP contribution in [-0.4, -0.2) is 18.9 Å². The highest BCUT2D eigenvalue weighted by atomic mass is 32.4. The number of hydrogen-bond acceptors (Lipinski definition) is 2. The van der Waals surface area contributed by atoms with Gasteiger partial charge in [-0.15, -0.1) is 0 Å². The van der Waals surface area contributed by atoms with Crippen LogP contribution in [0.25, 0.3) is 0 Å². The number of halogens is 6. The predicted molar refractivity (Wildman–Crippen MR) is 33.4 cm³/mol. The van der Waals surface area contributed by atoms with E-state index in [0.717, 1.165) is 0 Å².